The van der Waals surface area contributed by atoms with Gasteiger partial charge in [-0.1, -0.05) is 43.1 Å². The van der Waals surface area contributed by atoms with Crippen LogP contribution in [0.25, 0.3) is 0 Å². The van der Waals surface area contributed by atoms with E-state index < -0.39 is 15.8 Å². The lowest BCUT2D eigenvalue weighted by Gasteiger charge is -2.35. The van der Waals surface area contributed by atoms with Gasteiger partial charge in [0.25, 0.3) is 0 Å². The summed E-state index contributed by atoms with van der Waals surface area (Å²) in [6, 6.07) is 13.1. The van der Waals surface area contributed by atoms with Crippen molar-refractivity contribution in [2.75, 3.05) is 50.0 Å². The third-order valence-corrected chi connectivity index (χ3v) is 9.75. The Bertz CT molecular complexity index is 1380. The van der Waals surface area contributed by atoms with Crippen LogP contribution in [0.3, 0.4) is 0 Å². The molecule has 0 aliphatic carbocycles. The minimum absolute atomic E-state index is 0.111. The lowest BCUT2D eigenvalue weighted by molar-refractivity contribution is -0.189. The van der Waals surface area contributed by atoms with Crippen molar-refractivity contribution in [2.45, 2.75) is 32.3 Å². The molecule has 0 spiro atoms. The quantitative estimate of drug-likeness (QED) is 0.331. The van der Waals surface area contributed by atoms with E-state index in [9.17, 15) is 8.42 Å². The maximum Gasteiger partial charge on any atom is 0.215 e. The Morgan fingerprint density at radius 1 is 1.10 bits per heavy atom. The fourth-order valence-electron chi connectivity index (χ4n) is 5.07. The van der Waals surface area contributed by atoms with Crippen LogP contribution in [0.2, 0.25) is 10.0 Å². The van der Waals surface area contributed by atoms with Gasteiger partial charge in [0.05, 0.1) is 30.3 Å². The lowest BCUT2D eigenvalue weighted by atomic mass is 10.1. The van der Waals surface area contributed by atoms with E-state index in [1.54, 1.807) is 29.0 Å². The van der Waals surface area contributed by atoms with E-state index in [1.165, 1.54) is 0 Å². The lowest BCUT2D eigenvalue weighted by Crippen LogP contribution is -2.49. The van der Waals surface area contributed by atoms with Crippen molar-refractivity contribution in [1.29, 1.82) is 0 Å². The Balaban J connectivity index is 1.18. The summed E-state index contributed by atoms with van der Waals surface area (Å²) in [5, 5.41) is 0.994. The first-order valence-electron chi connectivity index (χ1n) is 13.3. The molecule has 0 saturated carbocycles. The van der Waals surface area contributed by atoms with Crippen LogP contribution in [0.5, 0.6) is 5.75 Å². The van der Waals surface area contributed by atoms with Gasteiger partial charge in [0.1, 0.15) is 18.5 Å². The number of rotatable bonds is 10. The molecule has 0 unspecified atom stereocenters. The third kappa shape index (κ3) is 6.75. The van der Waals surface area contributed by atoms with Crippen LogP contribution in [0.4, 0.5) is 5.69 Å². The predicted molar refractivity (Wildman–Crippen MR) is 156 cm³/mol. The summed E-state index contributed by atoms with van der Waals surface area (Å²) in [6.45, 7) is 7.13. The highest BCUT2D eigenvalue weighted by Gasteiger charge is 2.45. The molecule has 2 saturated heterocycles. The first-order chi connectivity index (χ1) is 19.1. The molecule has 0 N–H and O–H groups in total. The van der Waals surface area contributed by atoms with Gasteiger partial charge in [0.2, 0.25) is 15.8 Å². The summed E-state index contributed by atoms with van der Waals surface area (Å²) in [6.07, 6.45) is 4.92. The molecular formula is C28H34Cl2N4O5S. The minimum Gasteiger partial charge on any atom is -0.491 e. The number of anilines is 1. The molecule has 0 bridgehead atoms. The van der Waals surface area contributed by atoms with Crippen LogP contribution in [0, 0.1) is 5.92 Å². The van der Waals surface area contributed by atoms with Crippen molar-refractivity contribution >= 4 is 38.9 Å². The molecule has 0 amide bonds. The molecule has 12 heteroatoms. The fraction of sp³-hybridized carbons (Fsp3) is 0.464. The van der Waals surface area contributed by atoms with E-state index in [1.807, 2.05) is 54.9 Å². The minimum atomic E-state index is -3.21. The zero-order valence-corrected chi connectivity index (χ0v) is 24.9. The number of aromatic nitrogens is 2. The molecule has 40 heavy (non-hydrogen) atoms. The van der Waals surface area contributed by atoms with Crippen LogP contribution in [-0.4, -0.2) is 73.5 Å². The molecule has 2 aromatic carbocycles. The number of imidazole rings is 1. The van der Waals surface area contributed by atoms with E-state index in [-0.39, 0.29) is 17.8 Å². The highest BCUT2D eigenvalue weighted by atomic mass is 35.5. The molecule has 2 aliphatic rings. The maximum atomic E-state index is 12.6. The van der Waals surface area contributed by atoms with Crippen LogP contribution in [0.15, 0.2) is 61.2 Å². The zero-order chi connectivity index (χ0) is 28.3. The van der Waals surface area contributed by atoms with E-state index >= 15 is 0 Å². The summed E-state index contributed by atoms with van der Waals surface area (Å²) in [5.74, 6) is -0.0979. The molecule has 0 radical (unpaired) electrons. The van der Waals surface area contributed by atoms with Gasteiger partial charge in [0.15, 0.2) is 0 Å². The maximum absolute atomic E-state index is 12.6. The summed E-state index contributed by atoms with van der Waals surface area (Å²) < 4.78 is 47.3. The average molecular weight is 610 g/mol. The predicted octanol–water partition coefficient (Wildman–Crippen LogP) is 4.65. The summed E-state index contributed by atoms with van der Waals surface area (Å²) in [5.41, 5.74) is 1.72. The number of benzene rings is 2. The zero-order valence-electron chi connectivity index (χ0n) is 22.6. The van der Waals surface area contributed by atoms with Crippen LogP contribution in [-0.2, 0) is 31.8 Å². The second-order valence-electron chi connectivity index (χ2n) is 10.5. The monoisotopic (exact) mass is 608 g/mol. The smallest absolute Gasteiger partial charge is 0.215 e. The summed E-state index contributed by atoms with van der Waals surface area (Å²) in [7, 11) is -3.21. The van der Waals surface area contributed by atoms with E-state index in [4.69, 9.17) is 37.4 Å². The number of nitrogens with zero attached hydrogens (tertiary/aromatic N) is 4. The van der Waals surface area contributed by atoms with Crippen molar-refractivity contribution in [2.24, 2.45) is 5.92 Å². The van der Waals surface area contributed by atoms with Crippen molar-refractivity contribution in [3.05, 3.63) is 76.8 Å². The molecule has 2 atom stereocenters. The Hall–Kier alpha value is -2.34. The number of hydrogen-bond donors (Lipinski definition) is 0. The standard InChI is InChI=1S/C28H34Cl2N4O5S/c1-21(2)18-40(35,36)34-13-11-33(12-14-34)23-4-6-24(7-5-23)37-16-25-17-38-28(39-25,19-32-10-9-31-20-32)26-8-3-22(29)15-27(26)30/h3-10,15,20-21,25H,11-14,16-19H2,1-2H3/t25-,28-/m1/s1. The highest BCUT2D eigenvalue weighted by Crippen LogP contribution is 2.40. The Morgan fingerprint density at radius 2 is 1.85 bits per heavy atom. The average Bonchev–Trinajstić information content (AvgIpc) is 3.58. The van der Waals surface area contributed by atoms with Gasteiger partial charge in [-0.15, -0.1) is 0 Å². The summed E-state index contributed by atoms with van der Waals surface area (Å²) >= 11 is 12.7. The Morgan fingerprint density at radius 3 is 2.50 bits per heavy atom. The first kappa shape index (κ1) is 29.2. The van der Waals surface area contributed by atoms with Gasteiger partial charge in [0, 0.05) is 54.8 Å². The Labute approximate surface area is 245 Å². The van der Waals surface area contributed by atoms with Crippen molar-refractivity contribution in [1.82, 2.24) is 13.9 Å². The fourth-order valence-corrected chi connectivity index (χ4v) is 7.39. The number of hydrogen-bond acceptors (Lipinski definition) is 7. The second kappa shape index (κ2) is 12.3. The number of halogens is 2. The SMILES string of the molecule is CC(C)CS(=O)(=O)N1CCN(c2ccc(OC[C@@H]3CO[C@@](Cn4ccnc4)(c4ccc(Cl)cc4Cl)O3)cc2)CC1. The van der Waals surface area contributed by atoms with Crippen molar-refractivity contribution in [3.63, 3.8) is 0 Å². The number of ether oxygens (including phenoxy) is 3. The van der Waals surface area contributed by atoms with Gasteiger partial charge in [-0.2, -0.15) is 4.31 Å². The van der Waals surface area contributed by atoms with E-state index in [0.29, 0.717) is 67.3 Å². The van der Waals surface area contributed by atoms with Crippen molar-refractivity contribution < 1.29 is 22.6 Å². The molecule has 216 valence electrons. The largest absolute Gasteiger partial charge is 0.491 e. The number of piperazine rings is 1. The topological polar surface area (TPSA) is 86.1 Å². The van der Waals surface area contributed by atoms with Crippen molar-refractivity contribution in [3.8, 4) is 5.75 Å². The molecule has 3 aromatic rings. The molecule has 9 nitrogen and oxygen atoms in total. The molecule has 2 fully saturated rings. The van der Waals surface area contributed by atoms with Gasteiger partial charge in [-0.25, -0.2) is 13.4 Å². The van der Waals surface area contributed by atoms with Gasteiger partial charge in [-0.05, 0) is 42.3 Å². The summed E-state index contributed by atoms with van der Waals surface area (Å²) in [4.78, 5) is 6.32. The number of sulfonamides is 1. The van der Waals surface area contributed by atoms with Gasteiger partial charge >= 0.3 is 0 Å². The Kier molecular flexibility index (Phi) is 8.94. The van der Waals surface area contributed by atoms with Gasteiger partial charge < -0.3 is 23.7 Å². The molecule has 2 aliphatic heterocycles. The normalized spacial score (nSPS) is 22.2. The van der Waals surface area contributed by atoms with Gasteiger partial charge in [-0.3, -0.25) is 0 Å². The highest BCUT2D eigenvalue weighted by molar-refractivity contribution is 7.89. The molecule has 5 rings (SSSR count). The van der Waals surface area contributed by atoms with Crippen LogP contribution >= 0.6 is 23.2 Å². The first-order valence-corrected chi connectivity index (χ1v) is 15.7. The molecule has 3 heterocycles. The van der Waals surface area contributed by atoms with E-state index in [0.717, 1.165) is 5.69 Å². The van der Waals surface area contributed by atoms with E-state index in [2.05, 4.69) is 9.88 Å². The molecular weight excluding hydrogens is 575 g/mol. The van der Waals surface area contributed by atoms with Crippen LogP contribution in [0.1, 0.15) is 19.4 Å². The third-order valence-electron chi connectivity index (χ3n) is 6.96. The molecule has 1 aromatic heterocycles. The van der Waals surface area contributed by atoms with Crippen LogP contribution < -0.4 is 9.64 Å². The second-order valence-corrected chi connectivity index (χ2v) is 13.4.